The van der Waals surface area contributed by atoms with Crippen molar-refractivity contribution in [3.63, 3.8) is 0 Å². The van der Waals surface area contributed by atoms with Crippen molar-refractivity contribution in [2.24, 2.45) is 5.10 Å². The Morgan fingerprint density at radius 3 is 2.96 bits per heavy atom. The number of thioether (sulfide) groups is 1. The minimum Gasteiger partial charge on any atom is -0.489 e. The average Bonchev–Trinajstić information content (AvgIpc) is 3.14. The van der Waals surface area contributed by atoms with Crippen molar-refractivity contribution in [2.75, 3.05) is 11.9 Å². The number of ether oxygens (including phenoxy) is 1. The summed E-state index contributed by atoms with van der Waals surface area (Å²) in [4.78, 5) is 0. The Morgan fingerprint density at radius 2 is 2.07 bits per heavy atom. The summed E-state index contributed by atoms with van der Waals surface area (Å²) < 4.78 is 8.74. The summed E-state index contributed by atoms with van der Waals surface area (Å²) in [5.74, 6) is 1.69. The van der Waals surface area contributed by atoms with E-state index in [9.17, 15) is 0 Å². The highest BCUT2D eigenvalue weighted by molar-refractivity contribution is 9.10. The zero-order valence-electron chi connectivity index (χ0n) is 14.7. The fourth-order valence-corrected chi connectivity index (χ4v) is 4.45. The molecule has 0 bridgehead atoms. The van der Waals surface area contributed by atoms with Gasteiger partial charge in [-0.2, -0.15) is 9.78 Å². The second-order valence-electron chi connectivity index (χ2n) is 6.42. The first-order valence-electron chi connectivity index (χ1n) is 8.83. The van der Waals surface area contributed by atoms with Crippen LogP contribution < -0.4 is 10.1 Å². The summed E-state index contributed by atoms with van der Waals surface area (Å²) in [5.41, 5.74) is 3.28. The molecule has 2 aliphatic rings. The van der Waals surface area contributed by atoms with Gasteiger partial charge in [-0.3, -0.25) is 0 Å². The van der Waals surface area contributed by atoms with E-state index in [-0.39, 0.29) is 5.25 Å². The number of hydrogen-bond donors (Lipinski definition) is 1. The van der Waals surface area contributed by atoms with Crippen LogP contribution in [0, 0.1) is 0 Å². The van der Waals surface area contributed by atoms with Crippen LogP contribution in [0.25, 0.3) is 6.08 Å². The molecule has 0 saturated carbocycles. The lowest BCUT2D eigenvalue weighted by atomic mass is 10.1. The summed E-state index contributed by atoms with van der Waals surface area (Å²) in [7, 11) is 0. The molecule has 28 heavy (non-hydrogen) atoms. The van der Waals surface area contributed by atoms with E-state index < -0.39 is 0 Å². The Morgan fingerprint density at radius 1 is 1.18 bits per heavy atom. The molecule has 0 aliphatic carbocycles. The van der Waals surface area contributed by atoms with Crippen LogP contribution in [0.5, 0.6) is 5.75 Å². The van der Waals surface area contributed by atoms with Crippen molar-refractivity contribution in [1.29, 1.82) is 0 Å². The monoisotopic (exact) mass is 453 g/mol. The number of fused-ring (bicyclic) bond motifs is 2. The van der Waals surface area contributed by atoms with Crippen molar-refractivity contribution < 1.29 is 4.74 Å². The van der Waals surface area contributed by atoms with Crippen molar-refractivity contribution in [2.45, 2.75) is 17.0 Å². The van der Waals surface area contributed by atoms with Crippen molar-refractivity contribution in [1.82, 2.24) is 14.9 Å². The van der Waals surface area contributed by atoms with Crippen LogP contribution in [0.1, 0.15) is 11.4 Å². The maximum absolute atomic E-state index is 5.91. The zero-order chi connectivity index (χ0) is 18.9. The van der Waals surface area contributed by atoms with Crippen molar-refractivity contribution in [3.05, 3.63) is 70.0 Å². The molecule has 1 N–H and O–H groups in total. The van der Waals surface area contributed by atoms with Crippen LogP contribution in [-0.2, 0) is 6.54 Å². The number of benzene rings is 2. The Balaban J connectivity index is 1.33. The molecule has 0 radical (unpaired) electrons. The van der Waals surface area contributed by atoms with Crippen LogP contribution >= 0.6 is 27.7 Å². The number of aromatic nitrogens is 3. The van der Waals surface area contributed by atoms with Crippen molar-refractivity contribution >= 4 is 45.7 Å². The maximum atomic E-state index is 5.91. The molecule has 1 atom stereocenters. The van der Waals surface area contributed by atoms with Crippen LogP contribution in [0.15, 0.2) is 68.8 Å². The fraction of sp³-hybridized carbons (Fsp3) is 0.150. The van der Waals surface area contributed by atoms with Gasteiger partial charge in [0.15, 0.2) is 5.82 Å². The van der Waals surface area contributed by atoms with Gasteiger partial charge in [0, 0.05) is 21.9 Å². The Bertz CT molecular complexity index is 1080. The molecule has 2 aliphatic heterocycles. The molecule has 140 valence electrons. The first-order valence-corrected chi connectivity index (χ1v) is 10.5. The van der Waals surface area contributed by atoms with Crippen LogP contribution in [0.4, 0.5) is 5.69 Å². The molecule has 0 spiro atoms. The molecule has 2 aromatic carbocycles. The van der Waals surface area contributed by atoms with E-state index in [1.807, 2.05) is 48.7 Å². The molecular weight excluding hydrogens is 438 g/mol. The van der Waals surface area contributed by atoms with Crippen LogP contribution in [-0.4, -0.2) is 32.9 Å². The van der Waals surface area contributed by atoms with Gasteiger partial charge in [-0.05, 0) is 42.0 Å². The highest BCUT2D eigenvalue weighted by Gasteiger charge is 2.26. The molecule has 6 nitrogen and oxygen atoms in total. The largest absolute Gasteiger partial charge is 0.489 e. The number of halogens is 1. The number of rotatable bonds is 4. The number of nitrogens with one attached hydrogen (secondary N) is 1. The predicted molar refractivity (Wildman–Crippen MR) is 115 cm³/mol. The molecular formula is C20H16BrN5OS. The van der Waals surface area contributed by atoms with E-state index in [2.05, 4.69) is 48.7 Å². The summed E-state index contributed by atoms with van der Waals surface area (Å²) in [5, 5.41) is 17.4. The SMILES string of the molecule is Brc1ccc2c(c1)C=C(C1C=Nn3c(CNc4ccccc4)nnc3S1)CO2. The van der Waals surface area contributed by atoms with Gasteiger partial charge in [-0.15, -0.1) is 10.2 Å². The standard InChI is InChI=1S/C20H16BrN5OS/c21-15-6-7-17-13(9-15)8-14(12-27-17)18-10-23-26-19(24-25-20(26)28-18)11-22-16-4-2-1-3-5-16/h1-10,18,22H,11-12H2. The Labute approximate surface area is 174 Å². The molecule has 5 rings (SSSR count). The first-order chi connectivity index (χ1) is 13.8. The second kappa shape index (κ2) is 7.44. The van der Waals surface area contributed by atoms with E-state index >= 15 is 0 Å². The third-order valence-corrected chi connectivity index (χ3v) is 6.16. The predicted octanol–water partition coefficient (Wildman–Crippen LogP) is 4.44. The van der Waals surface area contributed by atoms with Gasteiger partial charge in [0.05, 0.1) is 11.8 Å². The van der Waals surface area contributed by atoms with Gasteiger partial charge in [0.2, 0.25) is 5.16 Å². The van der Waals surface area contributed by atoms with E-state index in [0.717, 1.165) is 38.0 Å². The molecule has 0 amide bonds. The lowest BCUT2D eigenvalue weighted by Gasteiger charge is -2.23. The minimum absolute atomic E-state index is 0.0822. The lowest BCUT2D eigenvalue weighted by molar-refractivity contribution is 0.346. The van der Waals surface area contributed by atoms with E-state index in [4.69, 9.17) is 4.74 Å². The summed E-state index contributed by atoms with van der Waals surface area (Å²) >= 11 is 5.16. The summed E-state index contributed by atoms with van der Waals surface area (Å²) in [6.45, 7) is 1.11. The third-order valence-electron chi connectivity index (χ3n) is 4.52. The number of nitrogens with zero attached hydrogens (tertiary/aromatic N) is 4. The van der Waals surface area contributed by atoms with E-state index in [1.165, 1.54) is 0 Å². The lowest BCUT2D eigenvalue weighted by Crippen LogP contribution is -2.22. The number of anilines is 1. The molecule has 0 fully saturated rings. The quantitative estimate of drug-likeness (QED) is 0.632. The van der Waals surface area contributed by atoms with Crippen LogP contribution in [0.3, 0.4) is 0 Å². The molecule has 3 aromatic rings. The normalized spacial score (nSPS) is 17.3. The summed E-state index contributed by atoms with van der Waals surface area (Å²) in [6, 6.07) is 16.1. The van der Waals surface area contributed by atoms with E-state index in [0.29, 0.717) is 13.2 Å². The Kier molecular flexibility index (Phi) is 4.66. The number of hydrogen-bond acceptors (Lipinski definition) is 6. The first kappa shape index (κ1) is 17.5. The van der Waals surface area contributed by atoms with Gasteiger partial charge in [0.25, 0.3) is 0 Å². The Hall–Kier alpha value is -2.58. The molecule has 1 aromatic heterocycles. The van der Waals surface area contributed by atoms with Gasteiger partial charge in [-0.25, -0.2) is 0 Å². The average molecular weight is 454 g/mol. The van der Waals surface area contributed by atoms with Gasteiger partial charge < -0.3 is 10.1 Å². The van der Waals surface area contributed by atoms with Crippen molar-refractivity contribution in [3.8, 4) is 5.75 Å². The molecule has 3 heterocycles. The highest BCUT2D eigenvalue weighted by Crippen LogP contribution is 2.35. The highest BCUT2D eigenvalue weighted by atomic mass is 79.9. The third kappa shape index (κ3) is 3.45. The number of para-hydroxylation sites is 1. The second-order valence-corrected chi connectivity index (χ2v) is 8.45. The zero-order valence-corrected chi connectivity index (χ0v) is 17.2. The van der Waals surface area contributed by atoms with Crippen LogP contribution in [0.2, 0.25) is 0 Å². The van der Waals surface area contributed by atoms with Gasteiger partial charge in [-0.1, -0.05) is 45.9 Å². The minimum atomic E-state index is 0.0822. The van der Waals surface area contributed by atoms with Gasteiger partial charge in [0.1, 0.15) is 12.4 Å². The topological polar surface area (TPSA) is 64.3 Å². The fourth-order valence-electron chi connectivity index (χ4n) is 3.11. The van der Waals surface area contributed by atoms with Gasteiger partial charge >= 0.3 is 0 Å². The van der Waals surface area contributed by atoms with E-state index in [1.54, 1.807) is 16.4 Å². The molecule has 1 unspecified atom stereocenters. The smallest absolute Gasteiger partial charge is 0.213 e. The molecule has 8 heteroatoms. The maximum Gasteiger partial charge on any atom is 0.213 e. The molecule has 0 saturated heterocycles. The summed E-state index contributed by atoms with van der Waals surface area (Å²) in [6.07, 6.45) is 4.11.